The van der Waals surface area contributed by atoms with E-state index in [0.717, 1.165) is 11.0 Å². The molecule has 4 rings (SSSR count). The second kappa shape index (κ2) is 4.96. The molecule has 0 radical (unpaired) electrons. The lowest BCUT2D eigenvalue weighted by Crippen LogP contribution is -1.86. The number of rotatable bonds is 1. The summed E-state index contributed by atoms with van der Waals surface area (Å²) in [5, 5.41) is 2.38. The predicted molar refractivity (Wildman–Crippen MR) is 94.2 cm³/mol. The zero-order valence-electron chi connectivity index (χ0n) is 12.8. The number of pyridine rings is 1. The molecular weight excluding hydrogens is 266 g/mol. The third-order valence-electron chi connectivity index (χ3n) is 4.07. The molecule has 106 valence electrons. The molecule has 0 amide bonds. The molecule has 1 heterocycles. The zero-order chi connectivity index (χ0) is 15.1. The van der Waals surface area contributed by atoms with Crippen LogP contribution >= 0.6 is 0 Å². The average molecular weight is 283 g/mol. The molecule has 0 aliphatic heterocycles. The van der Waals surface area contributed by atoms with Gasteiger partial charge in [0.25, 0.3) is 0 Å². The number of hydrogen-bond acceptors (Lipinski definition) is 1. The number of benzene rings is 3. The van der Waals surface area contributed by atoms with Crippen molar-refractivity contribution >= 4 is 21.8 Å². The van der Waals surface area contributed by atoms with Crippen molar-refractivity contribution in [2.24, 2.45) is 0 Å². The van der Waals surface area contributed by atoms with E-state index in [1.54, 1.807) is 0 Å². The number of aryl methyl sites for hydroxylation is 2. The van der Waals surface area contributed by atoms with E-state index < -0.39 is 0 Å². The van der Waals surface area contributed by atoms with Crippen LogP contribution in [0.1, 0.15) is 11.1 Å². The summed E-state index contributed by atoms with van der Waals surface area (Å²) >= 11 is 0. The summed E-state index contributed by atoms with van der Waals surface area (Å²) in [6.45, 7) is 4.28. The summed E-state index contributed by atoms with van der Waals surface area (Å²) in [5.41, 5.74) is 7.17. The van der Waals surface area contributed by atoms with Crippen LogP contribution in [0.3, 0.4) is 0 Å². The molecule has 0 saturated carbocycles. The van der Waals surface area contributed by atoms with Crippen LogP contribution in [0, 0.1) is 13.8 Å². The van der Waals surface area contributed by atoms with Gasteiger partial charge >= 0.3 is 0 Å². The first kappa shape index (κ1) is 13.0. The van der Waals surface area contributed by atoms with E-state index in [-0.39, 0.29) is 0 Å². The molecule has 0 N–H and O–H groups in total. The highest BCUT2D eigenvalue weighted by Gasteiger charge is 2.04. The second-order valence-electron chi connectivity index (χ2n) is 5.96. The highest BCUT2D eigenvalue weighted by Crippen LogP contribution is 2.27. The minimum atomic E-state index is 1.05. The first-order valence-corrected chi connectivity index (χ1v) is 7.57. The van der Waals surface area contributed by atoms with Gasteiger partial charge in [-0.05, 0) is 43.2 Å². The third-order valence-corrected chi connectivity index (χ3v) is 4.07. The Balaban J connectivity index is 1.94. The molecule has 1 nitrogen and oxygen atoms in total. The molecule has 3 aromatic carbocycles. The van der Waals surface area contributed by atoms with Gasteiger partial charge < -0.3 is 0 Å². The van der Waals surface area contributed by atoms with Gasteiger partial charge in [0.1, 0.15) is 0 Å². The van der Waals surface area contributed by atoms with Crippen LogP contribution in [-0.2, 0) is 0 Å². The van der Waals surface area contributed by atoms with Gasteiger partial charge in [0.15, 0.2) is 0 Å². The lowest BCUT2D eigenvalue weighted by molar-refractivity contribution is 1.38. The van der Waals surface area contributed by atoms with E-state index >= 15 is 0 Å². The van der Waals surface area contributed by atoms with Gasteiger partial charge in [-0.2, -0.15) is 0 Å². The first-order valence-electron chi connectivity index (χ1n) is 7.57. The Morgan fingerprint density at radius 1 is 0.591 bits per heavy atom. The normalized spacial score (nSPS) is 11.2. The van der Waals surface area contributed by atoms with Crippen molar-refractivity contribution in [2.75, 3.05) is 0 Å². The van der Waals surface area contributed by atoms with Gasteiger partial charge in [0, 0.05) is 10.8 Å². The van der Waals surface area contributed by atoms with Gasteiger partial charge in [-0.1, -0.05) is 59.7 Å². The highest BCUT2D eigenvalue weighted by atomic mass is 14.7. The van der Waals surface area contributed by atoms with Crippen molar-refractivity contribution in [3.8, 4) is 11.1 Å². The third kappa shape index (κ3) is 2.25. The van der Waals surface area contributed by atoms with Crippen molar-refractivity contribution in [3.05, 3.63) is 77.9 Å². The lowest BCUT2D eigenvalue weighted by Gasteiger charge is -2.07. The van der Waals surface area contributed by atoms with Crippen LogP contribution in [-0.4, -0.2) is 4.98 Å². The zero-order valence-corrected chi connectivity index (χ0v) is 12.8. The standard InChI is InChI=1S/C21H17N/c1-14-9-15(2)11-19(10-14)16-7-8-18-12-17-5-3-4-6-20(17)22-21(18)13-16/h3-13H,1-2H3. The summed E-state index contributed by atoms with van der Waals surface area (Å²) in [6.07, 6.45) is 0. The van der Waals surface area contributed by atoms with Gasteiger partial charge in [0.2, 0.25) is 0 Å². The quantitative estimate of drug-likeness (QED) is 0.410. The molecule has 0 unspecified atom stereocenters. The van der Waals surface area contributed by atoms with Crippen LogP contribution < -0.4 is 0 Å². The Hall–Kier alpha value is -2.67. The SMILES string of the molecule is Cc1cc(C)cc(-c2ccc3cc4ccccc4nc3c2)c1. The number of nitrogens with zero attached hydrogens (tertiary/aromatic N) is 1. The topological polar surface area (TPSA) is 12.9 Å². The second-order valence-corrected chi connectivity index (χ2v) is 5.96. The summed E-state index contributed by atoms with van der Waals surface area (Å²) in [6, 6.07) is 23.7. The summed E-state index contributed by atoms with van der Waals surface area (Å²) in [4.78, 5) is 4.81. The van der Waals surface area contributed by atoms with Crippen molar-refractivity contribution in [3.63, 3.8) is 0 Å². The van der Waals surface area contributed by atoms with Crippen LogP contribution in [0.15, 0.2) is 66.7 Å². The molecule has 0 fully saturated rings. The molecule has 0 atom stereocenters. The van der Waals surface area contributed by atoms with Gasteiger partial charge in [-0.15, -0.1) is 0 Å². The fourth-order valence-electron chi connectivity index (χ4n) is 3.09. The Kier molecular flexibility index (Phi) is 2.93. The Morgan fingerprint density at radius 2 is 1.32 bits per heavy atom. The van der Waals surface area contributed by atoms with Crippen LogP contribution in [0.4, 0.5) is 0 Å². The van der Waals surface area contributed by atoms with Crippen molar-refractivity contribution in [1.82, 2.24) is 4.98 Å². The monoisotopic (exact) mass is 283 g/mol. The summed E-state index contributed by atoms with van der Waals surface area (Å²) in [5.74, 6) is 0. The molecule has 0 bridgehead atoms. The minimum absolute atomic E-state index is 1.05. The molecule has 22 heavy (non-hydrogen) atoms. The van der Waals surface area contributed by atoms with Crippen molar-refractivity contribution < 1.29 is 0 Å². The maximum atomic E-state index is 4.81. The van der Waals surface area contributed by atoms with E-state index in [2.05, 4.69) is 74.5 Å². The molecule has 0 aliphatic rings. The van der Waals surface area contributed by atoms with E-state index in [1.165, 1.54) is 33.0 Å². The number of para-hydroxylation sites is 1. The van der Waals surface area contributed by atoms with Gasteiger partial charge in [0.05, 0.1) is 11.0 Å². The van der Waals surface area contributed by atoms with Gasteiger partial charge in [-0.3, -0.25) is 0 Å². The molecular formula is C21H17N. The minimum Gasteiger partial charge on any atom is -0.248 e. The predicted octanol–water partition coefficient (Wildman–Crippen LogP) is 5.67. The maximum Gasteiger partial charge on any atom is 0.0715 e. The fraction of sp³-hybridized carbons (Fsp3) is 0.0952. The van der Waals surface area contributed by atoms with Crippen LogP contribution in [0.25, 0.3) is 32.9 Å². The fourth-order valence-corrected chi connectivity index (χ4v) is 3.09. The van der Waals surface area contributed by atoms with E-state index in [4.69, 9.17) is 4.98 Å². The van der Waals surface area contributed by atoms with Gasteiger partial charge in [-0.25, -0.2) is 4.98 Å². The lowest BCUT2D eigenvalue weighted by atomic mass is 9.99. The van der Waals surface area contributed by atoms with E-state index in [1.807, 2.05) is 6.07 Å². The molecule has 0 spiro atoms. The van der Waals surface area contributed by atoms with Crippen molar-refractivity contribution in [2.45, 2.75) is 13.8 Å². The summed E-state index contributed by atoms with van der Waals surface area (Å²) in [7, 11) is 0. The summed E-state index contributed by atoms with van der Waals surface area (Å²) < 4.78 is 0. The average Bonchev–Trinajstić information content (AvgIpc) is 2.51. The van der Waals surface area contributed by atoms with Crippen LogP contribution in [0.5, 0.6) is 0 Å². The number of aromatic nitrogens is 1. The molecule has 0 saturated heterocycles. The largest absolute Gasteiger partial charge is 0.248 e. The molecule has 4 aromatic rings. The highest BCUT2D eigenvalue weighted by molar-refractivity contribution is 5.94. The Bertz CT molecular complexity index is 979. The van der Waals surface area contributed by atoms with Crippen LogP contribution in [0.2, 0.25) is 0 Å². The molecule has 0 aliphatic carbocycles. The van der Waals surface area contributed by atoms with E-state index in [9.17, 15) is 0 Å². The Labute approximate surface area is 130 Å². The number of fused-ring (bicyclic) bond motifs is 2. The first-order chi connectivity index (χ1) is 10.7. The Morgan fingerprint density at radius 3 is 2.14 bits per heavy atom. The maximum absolute atomic E-state index is 4.81. The van der Waals surface area contributed by atoms with Crippen molar-refractivity contribution in [1.29, 1.82) is 0 Å². The van der Waals surface area contributed by atoms with E-state index in [0.29, 0.717) is 0 Å². The smallest absolute Gasteiger partial charge is 0.0715 e. The number of hydrogen-bond donors (Lipinski definition) is 0. The molecule has 1 heteroatoms. The molecule has 1 aromatic heterocycles.